The van der Waals surface area contributed by atoms with Crippen molar-refractivity contribution in [3.05, 3.63) is 0 Å². The van der Waals surface area contributed by atoms with E-state index in [1.165, 1.54) is 6.92 Å². The molecule has 3 atom stereocenters. The average molecular weight is 404 g/mol. The first-order chi connectivity index (χ1) is 12.8. The number of alkyl halides is 3. The molecule has 4 saturated carbocycles. The van der Waals surface area contributed by atoms with Gasteiger partial charge in [-0.25, -0.2) is 0 Å². The molecular formula is C21H31F3O4. The number of carbonyl (C=O) groups excluding carboxylic acids is 2. The third-order valence-corrected chi connectivity index (χ3v) is 7.17. The van der Waals surface area contributed by atoms with Gasteiger partial charge in [0.2, 0.25) is 0 Å². The first kappa shape index (κ1) is 21.4. The lowest BCUT2D eigenvalue weighted by Gasteiger charge is -2.60. The molecule has 0 aliphatic heterocycles. The summed E-state index contributed by atoms with van der Waals surface area (Å²) >= 11 is 0. The van der Waals surface area contributed by atoms with E-state index in [-0.39, 0.29) is 30.6 Å². The van der Waals surface area contributed by atoms with E-state index in [0.29, 0.717) is 32.1 Å². The number of ether oxygens (including phenoxy) is 2. The first-order valence-electron chi connectivity index (χ1n) is 10.4. The lowest BCUT2D eigenvalue weighted by molar-refractivity contribution is -0.242. The van der Waals surface area contributed by atoms with E-state index >= 15 is 0 Å². The molecule has 0 aromatic rings. The number of esters is 2. The van der Waals surface area contributed by atoms with Crippen LogP contribution in [-0.2, 0) is 19.1 Å². The van der Waals surface area contributed by atoms with E-state index in [1.807, 2.05) is 20.8 Å². The van der Waals surface area contributed by atoms with E-state index in [2.05, 4.69) is 0 Å². The molecule has 28 heavy (non-hydrogen) atoms. The van der Waals surface area contributed by atoms with Crippen molar-refractivity contribution in [2.24, 2.45) is 22.7 Å². The minimum Gasteiger partial charge on any atom is -0.459 e. The molecule has 0 saturated heterocycles. The molecular weight excluding hydrogens is 373 g/mol. The van der Waals surface area contributed by atoms with Crippen LogP contribution in [0.4, 0.5) is 13.2 Å². The fraction of sp³-hybridized carbons (Fsp3) is 0.905. The van der Waals surface area contributed by atoms with Crippen LogP contribution >= 0.6 is 0 Å². The molecule has 3 unspecified atom stereocenters. The molecule has 4 fully saturated rings. The zero-order valence-corrected chi connectivity index (χ0v) is 17.2. The number of carbonyl (C=O) groups is 2. The van der Waals surface area contributed by atoms with Crippen molar-refractivity contribution in [1.82, 2.24) is 0 Å². The summed E-state index contributed by atoms with van der Waals surface area (Å²) in [5.41, 5.74) is -2.33. The summed E-state index contributed by atoms with van der Waals surface area (Å²) in [6.45, 7) is 6.94. The molecule has 4 rings (SSSR count). The Morgan fingerprint density at radius 2 is 1.64 bits per heavy atom. The molecule has 0 amide bonds. The summed E-state index contributed by atoms with van der Waals surface area (Å²) in [4.78, 5) is 25.7. The Morgan fingerprint density at radius 1 is 1.07 bits per heavy atom. The van der Waals surface area contributed by atoms with Crippen LogP contribution < -0.4 is 0 Å². The quantitative estimate of drug-likeness (QED) is 0.572. The second kappa shape index (κ2) is 6.91. The highest BCUT2D eigenvalue weighted by atomic mass is 19.4. The van der Waals surface area contributed by atoms with Crippen LogP contribution in [0, 0.1) is 22.7 Å². The molecule has 0 radical (unpaired) electrons. The second-order valence-electron chi connectivity index (χ2n) is 9.90. The Bertz CT molecular complexity index is 626. The van der Waals surface area contributed by atoms with Gasteiger partial charge in [0.15, 0.2) is 6.10 Å². The molecule has 0 spiro atoms. The van der Waals surface area contributed by atoms with Crippen molar-refractivity contribution in [1.29, 1.82) is 0 Å². The SMILES string of the molecule is CCC(OC(=O)C12CC3CC(CC(OC(=O)C(C)(C)CC)(C3)C1)C2)C(F)(F)F. The van der Waals surface area contributed by atoms with Gasteiger partial charge in [0.25, 0.3) is 0 Å². The average Bonchev–Trinajstić information content (AvgIpc) is 2.56. The minimum atomic E-state index is -4.57. The van der Waals surface area contributed by atoms with Gasteiger partial charge in [-0.3, -0.25) is 9.59 Å². The minimum absolute atomic E-state index is 0.192. The third kappa shape index (κ3) is 3.78. The van der Waals surface area contributed by atoms with Gasteiger partial charge in [-0.1, -0.05) is 13.8 Å². The summed E-state index contributed by atoms with van der Waals surface area (Å²) in [6, 6.07) is 0. The fourth-order valence-corrected chi connectivity index (χ4v) is 5.65. The maximum Gasteiger partial charge on any atom is 0.425 e. The highest BCUT2D eigenvalue weighted by Crippen LogP contribution is 2.63. The van der Waals surface area contributed by atoms with Crippen LogP contribution in [0.1, 0.15) is 79.1 Å². The third-order valence-electron chi connectivity index (χ3n) is 7.17. The molecule has 4 nitrogen and oxygen atoms in total. The van der Waals surface area contributed by atoms with Gasteiger partial charge < -0.3 is 9.47 Å². The smallest absolute Gasteiger partial charge is 0.425 e. The lowest BCUT2D eigenvalue weighted by atomic mass is 9.48. The van der Waals surface area contributed by atoms with Crippen molar-refractivity contribution in [3.8, 4) is 0 Å². The van der Waals surface area contributed by atoms with Gasteiger partial charge in [0.05, 0.1) is 10.8 Å². The highest BCUT2D eigenvalue weighted by molar-refractivity contribution is 5.79. The van der Waals surface area contributed by atoms with Gasteiger partial charge in [0, 0.05) is 6.42 Å². The van der Waals surface area contributed by atoms with Gasteiger partial charge in [-0.15, -0.1) is 0 Å². The van der Waals surface area contributed by atoms with E-state index in [1.54, 1.807) is 0 Å². The zero-order chi connectivity index (χ0) is 21.0. The normalized spacial score (nSPS) is 35.5. The van der Waals surface area contributed by atoms with E-state index in [0.717, 1.165) is 6.42 Å². The predicted molar refractivity (Wildman–Crippen MR) is 96.2 cm³/mol. The first-order valence-corrected chi connectivity index (χ1v) is 10.4. The molecule has 160 valence electrons. The number of rotatable bonds is 6. The van der Waals surface area contributed by atoms with Crippen molar-refractivity contribution < 1.29 is 32.2 Å². The van der Waals surface area contributed by atoms with Crippen LogP contribution in [-0.4, -0.2) is 29.8 Å². The number of halogens is 3. The second-order valence-corrected chi connectivity index (χ2v) is 9.90. The maximum absolute atomic E-state index is 13.1. The van der Waals surface area contributed by atoms with E-state index in [4.69, 9.17) is 9.47 Å². The summed E-state index contributed by atoms with van der Waals surface area (Å²) in [6.07, 6.45) is -2.63. The van der Waals surface area contributed by atoms with Crippen molar-refractivity contribution in [3.63, 3.8) is 0 Å². The largest absolute Gasteiger partial charge is 0.459 e. The fourth-order valence-electron chi connectivity index (χ4n) is 5.65. The Balaban J connectivity index is 1.82. The zero-order valence-electron chi connectivity index (χ0n) is 17.2. The summed E-state index contributed by atoms with van der Waals surface area (Å²) in [5, 5.41) is 0. The topological polar surface area (TPSA) is 52.6 Å². The molecule has 0 heterocycles. The van der Waals surface area contributed by atoms with Crippen molar-refractivity contribution in [2.45, 2.75) is 96.9 Å². The summed E-state index contributed by atoms with van der Waals surface area (Å²) < 4.78 is 50.4. The Labute approximate surface area is 164 Å². The Kier molecular flexibility index (Phi) is 5.29. The highest BCUT2D eigenvalue weighted by Gasteiger charge is 2.64. The van der Waals surface area contributed by atoms with Gasteiger partial charge in [0.1, 0.15) is 5.60 Å². The van der Waals surface area contributed by atoms with Crippen LogP contribution in [0.2, 0.25) is 0 Å². The van der Waals surface area contributed by atoms with Crippen molar-refractivity contribution in [2.75, 3.05) is 0 Å². The monoisotopic (exact) mass is 404 g/mol. The Morgan fingerprint density at radius 3 is 2.11 bits per heavy atom. The van der Waals surface area contributed by atoms with Gasteiger partial charge in [-0.05, 0) is 70.6 Å². The van der Waals surface area contributed by atoms with Crippen molar-refractivity contribution >= 4 is 11.9 Å². The van der Waals surface area contributed by atoms with Crippen LogP contribution in [0.3, 0.4) is 0 Å². The van der Waals surface area contributed by atoms with E-state index < -0.39 is 34.7 Å². The predicted octanol–water partition coefficient (Wildman–Crippen LogP) is 5.19. The Hall–Kier alpha value is -1.27. The molecule has 0 N–H and O–H groups in total. The van der Waals surface area contributed by atoms with Crippen LogP contribution in [0.25, 0.3) is 0 Å². The molecule has 4 aliphatic carbocycles. The van der Waals surface area contributed by atoms with Gasteiger partial charge >= 0.3 is 18.1 Å². The van der Waals surface area contributed by atoms with Crippen LogP contribution in [0.5, 0.6) is 0 Å². The van der Waals surface area contributed by atoms with Crippen LogP contribution in [0.15, 0.2) is 0 Å². The molecule has 4 bridgehead atoms. The molecule has 7 heteroatoms. The standard InChI is InChI=1S/C21H31F3O4/c1-5-15(21(22,23)24)27-17(26)19-8-13-7-14(9-19)11-20(10-13,12-19)28-16(25)18(3,4)6-2/h13-15H,5-12H2,1-4H3. The molecule has 0 aromatic carbocycles. The van der Waals surface area contributed by atoms with Gasteiger partial charge in [-0.2, -0.15) is 13.2 Å². The molecule has 0 aromatic heterocycles. The molecule has 4 aliphatic rings. The maximum atomic E-state index is 13.1. The number of hydrogen-bond acceptors (Lipinski definition) is 4. The van der Waals surface area contributed by atoms with E-state index in [9.17, 15) is 22.8 Å². The number of hydrogen-bond donors (Lipinski definition) is 0. The summed E-state index contributed by atoms with van der Waals surface area (Å²) in [5.74, 6) is -0.669. The lowest BCUT2D eigenvalue weighted by Crippen LogP contribution is -2.61. The summed E-state index contributed by atoms with van der Waals surface area (Å²) in [7, 11) is 0.